The number of carbonyl (C=O) groups excluding carboxylic acids is 1. The smallest absolute Gasteiger partial charge is 0.235 e. The second kappa shape index (κ2) is 6.77. The normalized spacial score (nSPS) is 11.4. The van der Waals surface area contributed by atoms with Crippen molar-refractivity contribution in [3.8, 4) is 0 Å². The summed E-state index contributed by atoms with van der Waals surface area (Å²) >= 11 is 5.37. The van der Waals surface area contributed by atoms with Gasteiger partial charge in [0.15, 0.2) is 0 Å². The third kappa shape index (κ3) is 3.39. The van der Waals surface area contributed by atoms with Gasteiger partial charge in [0.1, 0.15) is 5.92 Å². The van der Waals surface area contributed by atoms with Crippen LogP contribution in [-0.4, -0.2) is 22.9 Å². The van der Waals surface area contributed by atoms with Gasteiger partial charge in [-0.25, -0.2) is 0 Å². The van der Waals surface area contributed by atoms with Gasteiger partial charge in [-0.2, -0.15) is 0 Å². The highest BCUT2D eigenvalue weighted by Gasteiger charge is 2.25. The van der Waals surface area contributed by atoms with Gasteiger partial charge >= 0.3 is 0 Å². The predicted molar refractivity (Wildman–Crippen MR) is 83.7 cm³/mol. The summed E-state index contributed by atoms with van der Waals surface area (Å²) in [6.45, 7) is 0. The topological polar surface area (TPSA) is 54.0 Å². The highest BCUT2D eigenvalue weighted by molar-refractivity contribution is 7.80. The fourth-order valence-corrected chi connectivity index (χ4v) is 2.16. The lowest BCUT2D eigenvalue weighted by atomic mass is 10.0. The minimum absolute atomic E-state index is 0.183. The Morgan fingerprint density at radius 2 is 1.85 bits per heavy atom. The average Bonchev–Trinajstić information content (AvgIpc) is 2.49. The highest BCUT2D eigenvalue weighted by atomic mass is 32.1. The second-order valence-electron chi connectivity index (χ2n) is 4.16. The fourth-order valence-electron chi connectivity index (χ4n) is 1.81. The third-order valence-corrected chi connectivity index (χ3v) is 3.13. The van der Waals surface area contributed by atoms with Crippen LogP contribution in [0.4, 0.5) is 5.69 Å². The van der Waals surface area contributed by atoms with E-state index in [1.165, 1.54) is 0 Å². The van der Waals surface area contributed by atoms with Gasteiger partial charge in [-0.1, -0.05) is 36.5 Å². The molecule has 2 rings (SSSR count). The van der Waals surface area contributed by atoms with Crippen LogP contribution in [0.3, 0.4) is 0 Å². The van der Waals surface area contributed by atoms with Crippen LogP contribution in [0, 0.1) is 0 Å². The van der Waals surface area contributed by atoms with Crippen LogP contribution in [0.1, 0.15) is 11.6 Å². The Balaban J connectivity index is 2.24. The van der Waals surface area contributed by atoms with E-state index in [9.17, 15) is 4.79 Å². The number of nitrogens with zero attached hydrogens (tertiary/aromatic N) is 1. The van der Waals surface area contributed by atoms with Gasteiger partial charge in [-0.15, -0.1) is 0 Å². The van der Waals surface area contributed by atoms with E-state index in [1.807, 2.05) is 36.4 Å². The molecule has 2 N–H and O–H groups in total. The molecule has 0 bridgehead atoms. The van der Waals surface area contributed by atoms with Gasteiger partial charge < -0.3 is 10.6 Å². The molecule has 1 amide bonds. The van der Waals surface area contributed by atoms with Crippen molar-refractivity contribution in [3.05, 3.63) is 60.4 Å². The molecule has 1 atom stereocenters. The van der Waals surface area contributed by atoms with Gasteiger partial charge in [0, 0.05) is 18.9 Å². The molecular formula is C15H15N3OS. The lowest BCUT2D eigenvalue weighted by molar-refractivity contribution is -0.120. The first-order valence-electron chi connectivity index (χ1n) is 6.21. The first-order chi connectivity index (χ1) is 9.72. The number of hydrogen-bond acceptors (Lipinski definition) is 3. The molecule has 0 aliphatic carbocycles. The number of para-hydroxylation sites is 1. The summed E-state index contributed by atoms with van der Waals surface area (Å²) in [7, 11) is 1.59. The van der Waals surface area contributed by atoms with Crippen LogP contribution in [0.2, 0.25) is 0 Å². The number of likely N-dealkylation sites (N-methyl/N-ethyl adjacent to an activating group) is 1. The fraction of sp³-hybridized carbons (Fsp3) is 0.133. The minimum Gasteiger partial charge on any atom is -0.358 e. The van der Waals surface area contributed by atoms with E-state index in [0.717, 1.165) is 5.69 Å². The number of aromatic nitrogens is 1. The summed E-state index contributed by atoms with van der Waals surface area (Å²) in [6.07, 6.45) is 1.65. The van der Waals surface area contributed by atoms with Crippen molar-refractivity contribution in [1.29, 1.82) is 0 Å². The first kappa shape index (κ1) is 14.1. The molecule has 20 heavy (non-hydrogen) atoms. The molecule has 0 spiro atoms. The maximum atomic E-state index is 12.1. The first-order valence-corrected chi connectivity index (χ1v) is 6.61. The van der Waals surface area contributed by atoms with Crippen molar-refractivity contribution in [2.45, 2.75) is 5.92 Å². The number of benzene rings is 1. The van der Waals surface area contributed by atoms with E-state index in [1.54, 1.807) is 25.4 Å². The molecule has 0 saturated carbocycles. The van der Waals surface area contributed by atoms with Crippen molar-refractivity contribution >= 4 is 28.8 Å². The van der Waals surface area contributed by atoms with Gasteiger partial charge in [0.05, 0.1) is 10.7 Å². The maximum Gasteiger partial charge on any atom is 0.235 e. The van der Waals surface area contributed by atoms with E-state index < -0.39 is 5.92 Å². The van der Waals surface area contributed by atoms with Crippen molar-refractivity contribution < 1.29 is 4.79 Å². The third-order valence-electron chi connectivity index (χ3n) is 2.80. The summed E-state index contributed by atoms with van der Waals surface area (Å²) in [5, 5.41) is 5.71. The number of anilines is 1. The highest BCUT2D eigenvalue weighted by Crippen LogP contribution is 2.18. The molecule has 0 aliphatic rings. The van der Waals surface area contributed by atoms with Crippen LogP contribution in [0.25, 0.3) is 0 Å². The van der Waals surface area contributed by atoms with Gasteiger partial charge in [-0.05, 0) is 24.3 Å². The molecule has 1 unspecified atom stereocenters. The molecule has 0 fully saturated rings. The molecule has 1 aromatic heterocycles. The maximum absolute atomic E-state index is 12.1. The van der Waals surface area contributed by atoms with Crippen molar-refractivity contribution in [1.82, 2.24) is 10.3 Å². The number of amides is 1. The lowest BCUT2D eigenvalue weighted by Gasteiger charge is -2.17. The Morgan fingerprint density at radius 3 is 2.45 bits per heavy atom. The van der Waals surface area contributed by atoms with Crippen molar-refractivity contribution in [2.75, 3.05) is 12.4 Å². The number of carbonyl (C=O) groups is 1. The average molecular weight is 285 g/mol. The predicted octanol–water partition coefficient (Wildman–Crippen LogP) is 2.35. The molecule has 1 heterocycles. The molecule has 0 saturated heterocycles. The van der Waals surface area contributed by atoms with Crippen LogP contribution >= 0.6 is 12.2 Å². The Kier molecular flexibility index (Phi) is 4.79. The van der Waals surface area contributed by atoms with E-state index in [2.05, 4.69) is 15.6 Å². The van der Waals surface area contributed by atoms with Crippen LogP contribution in [0.5, 0.6) is 0 Å². The van der Waals surface area contributed by atoms with Gasteiger partial charge in [-0.3, -0.25) is 9.78 Å². The summed E-state index contributed by atoms with van der Waals surface area (Å²) < 4.78 is 0. The zero-order valence-electron chi connectivity index (χ0n) is 11.0. The summed E-state index contributed by atoms with van der Waals surface area (Å²) in [5.74, 6) is -0.784. The Bertz CT molecular complexity index is 587. The monoisotopic (exact) mass is 285 g/mol. The molecule has 0 radical (unpaired) electrons. The number of thiocarbonyl (C=S) groups is 1. The number of hydrogen-bond donors (Lipinski definition) is 2. The van der Waals surface area contributed by atoms with Crippen LogP contribution in [0.15, 0.2) is 54.7 Å². The molecule has 0 aliphatic heterocycles. The van der Waals surface area contributed by atoms with Crippen LogP contribution < -0.4 is 10.6 Å². The molecule has 102 valence electrons. The quantitative estimate of drug-likeness (QED) is 0.847. The Labute approximate surface area is 123 Å². The molecule has 4 nitrogen and oxygen atoms in total. The van der Waals surface area contributed by atoms with E-state index >= 15 is 0 Å². The van der Waals surface area contributed by atoms with Gasteiger partial charge in [0.2, 0.25) is 5.91 Å². The minimum atomic E-state index is -0.601. The van der Waals surface area contributed by atoms with E-state index in [-0.39, 0.29) is 5.91 Å². The van der Waals surface area contributed by atoms with Gasteiger partial charge in [0.25, 0.3) is 0 Å². The number of nitrogens with one attached hydrogen (secondary N) is 2. The van der Waals surface area contributed by atoms with E-state index in [4.69, 9.17) is 12.2 Å². The molecule has 5 heteroatoms. The van der Waals surface area contributed by atoms with E-state index in [0.29, 0.717) is 10.7 Å². The zero-order chi connectivity index (χ0) is 14.4. The van der Waals surface area contributed by atoms with Crippen LogP contribution in [-0.2, 0) is 4.79 Å². The number of pyridine rings is 1. The summed E-state index contributed by atoms with van der Waals surface area (Å²) in [5.41, 5.74) is 1.47. The Hall–Kier alpha value is -2.27. The molecule has 1 aromatic carbocycles. The van der Waals surface area contributed by atoms with Crippen molar-refractivity contribution in [2.24, 2.45) is 0 Å². The largest absolute Gasteiger partial charge is 0.358 e. The van der Waals surface area contributed by atoms with Crippen molar-refractivity contribution in [3.63, 3.8) is 0 Å². The summed E-state index contributed by atoms with van der Waals surface area (Å²) in [6, 6.07) is 14.9. The lowest BCUT2D eigenvalue weighted by Crippen LogP contribution is -2.34. The summed E-state index contributed by atoms with van der Waals surface area (Å²) in [4.78, 5) is 16.7. The number of rotatable bonds is 4. The zero-order valence-corrected chi connectivity index (χ0v) is 11.9. The SMILES string of the molecule is CNC(=O)C(C(=S)Nc1ccccc1)c1ccccn1. The Morgan fingerprint density at radius 1 is 1.15 bits per heavy atom. The standard InChI is InChI=1S/C15H15N3OS/c1-16-14(19)13(12-9-5-6-10-17-12)15(20)18-11-7-3-2-4-8-11/h2-10,13H,1H3,(H,16,19)(H,18,20). The molecular weight excluding hydrogens is 270 g/mol. The second-order valence-corrected chi connectivity index (χ2v) is 4.60. The molecule has 2 aromatic rings.